The summed E-state index contributed by atoms with van der Waals surface area (Å²) in [6.07, 6.45) is 1.62. The molecule has 1 aromatic carbocycles. The van der Waals surface area contributed by atoms with Crippen molar-refractivity contribution >= 4 is 29.1 Å². The lowest BCUT2D eigenvalue weighted by atomic mass is 10.2. The molecule has 0 aliphatic carbocycles. The van der Waals surface area contributed by atoms with Crippen LogP contribution in [-0.4, -0.2) is 31.2 Å². The number of thiazole rings is 1. The van der Waals surface area contributed by atoms with Gasteiger partial charge < -0.3 is 4.90 Å². The molecular weight excluding hydrogens is 296 g/mol. The van der Waals surface area contributed by atoms with Crippen molar-refractivity contribution in [3.05, 3.63) is 45.9 Å². The smallest absolute Gasteiger partial charge is 0.300 e. The largest absolute Gasteiger partial charge is 0.378 e. The third-order valence-electron chi connectivity index (χ3n) is 3.10. The maximum absolute atomic E-state index is 11.9. The molecule has 6 heteroatoms. The van der Waals surface area contributed by atoms with Gasteiger partial charge in [0.05, 0.1) is 11.9 Å². The number of benzene rings is 1. The summed E-state index contributed by atoms with van der Waals surface area (Å²) < 4.78 is 0. The summed E-state index contributed by atoms with van der Waals surface area (Å²) in [5.41, 5.74) is 5.47. The Morgan fingerprint density at radius 1 is 1.32 bits per heavy atom. The van der Waals surface area contributed by atoms with E-state index < -0.39 is 0 Å². The van der Waals surface area contributed by atoms with Crippen LogP contribution in [-0.2, 0) is 0 Å². The Hall–Kier alpha value is -2.21. The zero-order valence-electron chi connectivity index (χ0n) is 13.2. The molecule has 0 aliphatic rings. The molecule has 0 aliphatic heterocycles. The van der Waals surface area contributed by atoms with E-state index in [1.165, 1.54) is 11.3 Å². The summed E-state index contributed by atoms with van der Waals surface area (Å²) in [6, 6.07) is 7.90. The van der Waals surface area contributed by atoms with E-state index in [9.17, 15) is 4.79 Å². The van der Waals surface area contributed by atoms with Gasteiger partial charge in [-0.15, -0.1) is 11.3 Å². The Kier molecular flexibility index (Phi) is 5.27. The van der Waals surface area contributed by atoms with Gasteiger partial charge in [0.1, 0.15) is 0 Å². The number of nitrogens with one attached hydrogen (secondary N) is 1. The van der Waals surface area contributed by atoms with E-state index in [4.69, 9.17) is 0 Å². The minimum Gasteiger partial charge on any atom is -0.378 e. The Labute approximate surface area is 134 Å². The number of nitrogens with zero attached hydrogens (tertiary/aromatic N) is 3. The first-order valence-corrected chi connectivity index (χ1v) is 7.91. The van der Waals surface area contributed by atoms with E-state index in [1.807, 2.05) is 62.5 Å². The number of carbonyl (C=O) groups excluding carboxylic acids is 1. The second kappa shape index (κ2) is 7.17. The minimum absolute atomic E-state index is 0.280. The van der Waals surface area contributed by atoms with Gasteiger partial charge in [-0.1, -0.05) is 26.0 Å². The van der Waals surface area contributed by atoms with Crippen molar-refractivity contribution in [1.29, 1.82) is 0 Å². The van der Waals surface area contributed by atoms with Crippen LogP contribution in [0, 0.1) is 0 Å². The fourth-order valence-electron chi connectivity index (χ4n) is 1.73. The lowest BCUT2D eigenvalue weighted by Crippen LogP contribution is -2.17. The zero-order valence-corrected chi connectivity index (χ0v) is 14.0. The summed E-state index contributed by atoms with van der Waals surface area (Å²) in [7, 11) is 3.98. The van der Waals surface area contributed by atoms with Gasteiger partial charge in [-0.05, 0) is 23.6 Å². The third-order valence-corrected chi connectivity index (χ3v) is 3.96. The van der Waals surface area contributed by atoms with Crippen molar-refractivity contribution in [3.8, 4) is 0 Å². The summed E-state index contributed by atoms with van der Waals surface area (Å²) >= 11 is 1.33. The van der Waals surface area contributed by atoms with Crippen LogP contribution in [0.4, 0.5) is 5.69 Å². The molecule has 0 unspecified atom stereocenters. The van der Waals surface area contributed by atoms with Gasteiger partial charge in [-0.2, -0.15) is 5.10 Å². The monoisotopic (exact) mass is 316 g/mol. The van der Waals surface area contributed by atoms with Crippen molar-refractivity contribution in [2.75, 3.05) is 19.0 Å². The van der Waals surface area contributed by atoms with Crippen LogP contribution in [0.2, 0.25) is 0 Å². The van der Waals surface area contributed by atoms with Crippen LogP contribution < -0.4 is 10.3 Å². The van der Waals surface area contributed by atoms with E-state index in [1.54, 1.807) is 6.21 Å². The maximum Gasteiger partial charge on any atom is 0.300 e. The highest BCUT2D eigenvalue weighted by atomic mass is 32.1. The van der Waals surface area contributed by atoms with E-state index in [0.717, 1.165) is 16.9 Å². The molecule has 22 heavy (non-hydrogen) atoms. The van der Waals surface area contributed by atoms with Gasteiger partial charge in [0.25, 0.3) is 5.91 Å². The Morgan fingerprint density at radius 3 is 2.55 bits per heavy atom. The molecule has 1 aromatic heterocycles. The molecule has 0 saturated carbocycles. The molecule has 0 saturated heterocycles. The van der Waals surface area contributed by atoms with Crippen molar-refractivity contribution in [2.45, 2.75) is 19.8 Å². The van der Waals surface area contributed by atoms with E-state index in [-0.39, 0.29) is 5.91 Å². The summed E-state index contributed by atoms with van der Waals surface area (Å²) in [6.45, 7) is 4.10. The van der Waals surface area contributed by atoms with Gasteiger partial charge in [0.2, 0.25) is 0 Å². The number of amides is 1. The highest BCUT2D eigenvalue weighted by Crippen LogP contribution is 2.17. The first-order valence-electron chi connectivity index (χ1n) is 7.03. The Balaban J connectivity index is 1.94. The second-order valence-electron chi connectivity index (χ2n) is 5.42. The Morgan fingerprint density at radius 2 is 2.00 bits per heavy atom. The predicted molar refractivity (Wildman–Crippen MR) is 92.0 cm³/mol. The molecule has 5 nitrogen and oxygen atoms in total. The van der Waals surface area contributed by atoms with E-state index in [2.05, 4.69) is 15.5 Å². The number of aromatic nitrogens is 1. The van der Waals surface area contributed by atoms with Crippen LogP contribution in [0.5, 0.6) is 0 Å². The molecule has 0 spiro atoms. The molecule has 0 atom stereocenters. The third kappa shape index (κ3) is 4.14. The molecular formula is C16H20N4OS. The van der Waals surface area contributed by atoms with Gasteiger partial charge >= 0.3 is 0 Å². The van der Waals surface area contributed by atoms with E-state index >= 15 is 0 Å². The molecule has 2 rings (SSSR count). The van der Waals surface area contributed by atoms with E-state index in [0.29, 0.717) is 10.9 Å². The lowest BCUT2D eigenvalue weighted by Gasteiger charge is -2.11. The maximum atomic E-state index is 11.9. The number of rotatable bonds is 5. The molecule has 0 fully saturated rings. The van der Waals surface area contributed by atoms with Crippen LogP contribution in [0.3, 0.4) is 0 Å². The molecule has 1 heterocycles. The number of hydrogen-bond donors (Lipinski definition) is 1. The van der Waals surface area contributed by atoms with Crippen LogP contribution in [0.15, 0.2) is 34.7 Å². The summed E-state index contributed by atoms with van der Waals surface area (Å²) in [5, 5.41) is 6.32. The fourth-order valence-corrected chi connectivity index (χ4v) is 2.60. The van der Waals surface area contributed by atoms with Crippen LogP contribution in [0.25, 0.3) is 0 Å². The van der Waals surface area contributed by atoms with Crippen molar-refractivity contribution < 1.29 is 4.79 Å². The number of carbonyl (C=O) groups is 1. The number of hydrogen-bond acceptors (Lipinski definition) is 5. The summed E-state index contributed by atoms with van der Waals surface area (Å²) in [4.78, 5) is 18.2. The predicted octanol–water partition coefficient (Wildman–Crippen LogP) is 3.10. The Bertz CT molecular complexity index is 659. The van der Waals surface area contributed by atoms with Crippen molar-refractivity contribution in [2.24, 2.45) is 5.10 Å². The first kappa shape index (κ1) is 16.2. The molecule has 0 bridgehead atoms. The van der Waals surface area contributed by atoms with Crippen molar-refractivity contribution in [3.63, 3.8) is 0 Å². The highest BCUT2D eigenvalue weighted by Gasteiger charge is 2.11. The second-order valence-corrected chi connectivity index (χ2v) is 6.28. The fraction of sp³-hybridized carbons (Fsp3) is 0.312. The topological polar surface area (TPSA) is 57.6 Å². The molecule has 1 N–H and O–H groups in total. The molecule has 0 radical (unpaired) electrons. The molecule has 2 aromatic rings. The standard InChI is InChI=1S/C16H20N4OS/c1-11(2)14-10-22-16(18-14)15(21)19-17-9-12-5-7-13(8-6-12)20(3)4/h5-11H,1-4H3,(H,19,21)/b17-9-. The number of anilines is 1. The SMILES string of the molecule is CC(C)c1csc(C(=O)N/N=C\c2ccc(N(C)C)cc2)n1. The lowest BCUT2D eigenvalue weighted by molar-refractivity contribution is 0.0954. The summed E-state index contributed by atoms with van der Waals surface area (Å²) in [5.74, 6) is 0.0366. The molecule has 116 valence electrons. The van der Waals surface area contributed by atoms with Crippen LogP contribution in [0.1, 0.15) is 40.8 Å². The zero-order chi connectivity index (χ0) is 16.1. The average molecular weight is 316 g/mol. The highest BCUT2D eigenvalue weighted by molar-refractivity contribution is 7.11. The normalized spacial score (nSPS) is 11.1. The quantitative estimate of drug-likeness (QED) is 0.681. The number of hydrazone groups is 1. The van der Waals surface area contributed by atoms with Crippen molar-refractivity contribution in [1.82, 2.24) is 10.4 Å². The van der Waals surface area contributed by atoms with Gasteiger partial charge in [0, 0.05) is 25.2 Å². The van der Waals surface area contributed by atoms with Gasteiger partial charge in [0.15, 0.2) is 5.01 Å². The molecule has 1 amide bonds. The van der Waals surface area contributed by atoms with Gasteiger partial charge in [-0.3, -0.25) is 4.79 Å². The average Bonchev–Trinajstić information content (AvgIpc) is 2.98. The minimum atomic E-state index is -0.280. The van der Waals surface area contributed by atoms with Gasteiger partial charge in [-0.25, -0.2) is 10.4 Å². The van der Waals surface area contributed by atoms with Crippen LogP contribution >= 0.6 is 11.3 Å². The first-order chi connectivity index (χ1) is 10.5.